The van der Waals surface area contributed by atoms with Gasteiger partial charge in [-0.25, -0.2) is 18.9 Å². The van der Waals surface area contributed by atoms with Crippen molar-refractivity contribution in [2.45, 2.75) is 18.9 Å². The maximum atomic E-state index is 13.9. The lowest BCUT2D eigenvalue weighted by Crippen LogP contribution is -2.44. The van der Waals surface area contributed by atoms with Gasteiger partial charge in [-0.3, -0.25) is 0 Å². The Kier molecular flexibility index (Phi) is 5.37. The molecule has 2 aliphatic rings. The zero-order valence-electron chi connectivity index (χ0n) is 19.3. The predicted molar refractivity (Wildman–Crippen MR) is 132 cm³/mol. The lowest BCUT2D eigenvalue weighted by Gasteiger charge is -2.33. The van der Waals surface area contributed by atoms with Gasteiger partial charge in [0.25, 0.3) is 0 Å². The molecule has 0 bridgehead atoms. The SMILES string of the molecule is CN1CCN(c2cccc(-c3cnc4ccc(N5CCC[C@@H]5c5cccc(F)c5)nn34)n2)CC1. The minimum absolute atomic E-state index is 0.117. The van der Waals surface area contributed by atoms with E-state index in [0.717, 1.165) is 79.8 Å². The van der Waals surface area contributed by atoms with Gasteiger partial charge in [0.2, 0.25) is 0 Å². The zero-order valence-corrected chi connectivity index (χ0v) is 19.3. The molecule has 0 saturated carbocycles. The van der Waals surface area contributed by atoms with Crippen LogP contribution in [-0.2, 0) is 0 Å². The number of nitrogens with zero attached hydrogens (tertiary/aromatic N) is 7. The van der Waals surface area contributed by atoms with E-state index in [1.165, 1.54) is 6.07 Å². The predicted octanol–water partition coefficient (Wildman–Crippen LogP) is 4.02. The van der Waals surface area contributed by atoms with E-state index in [-0.39, 0.29) is 11.9 Å². The minimum Gasteiger partial charge on any atom is -0.354 e. The van der Waals surface area contributed by atoms with Crippen molar-refractivity contribution >= 4 is 17.3 Å². The first-order valence-electron chi connectivity index (χ1n) is 11.9. The van der Waals surface area contributed by atoms with Crippen LogP contribution in [0.5, 0.6) is 0 Å². The van der Waals surface area contributed by atoms with Crippen molar-refractivity contribution in [1.82, 2.24) is 24.5 Å². The highest BCUT2D eigenvalue weighted by Gasteiger charge is 2.28. The molecule has 0 aliphatic carbocycles. The highest BCUT2D eigenvalue weighted by atomic mass is 19.1. The minimum atomic E-state index is -0.198. The monoisotopic (exact) mass is 457 g/mol. The number of rotatable bonds is 4. The normalized spacial score (nSPS) is 19.3. The Balaban J connectivity index is 1.34. The van der Waals surface area contributed by atoms with Gasteiger partial charge in [0.1, 0.15) is 23.1 Å². The summed E-state index contributed by atoms with van der Waals surface area (Å²) in [7, 11) is 2.15. The molecule has 1 aromatic carbocycles. The smallest absolute Gasteiger partial charge is 0.154 e. The Morgan fingerprint density at radius 2 is 1.76 bits per heavy atom. The molecule has 8 heteroatoms. The summed E-state index contributed by atoms with van der Waals surface area (Å²) < 4.78 is 15.8. The third-order valence-corrected chi connectivity index (χ3v) is 6.95. The van der Waals surface area contributed by atoms with E-state index < -0.39 is 0 Å². The summed E-state index contributed by atoms with van der Waals surface area (Å²) in [4.78, 5) is 16.5. The standard InChI is InChI=1S/C26H28FN7/c1-31-13-15-32(16-14-31)25-9-3-7-21(29-25)23-18-28-24-10-11-26(30-34(23)24)33-12-4-8-22(33)19-5-2-6-20(27)17-19/h2-3,5-7,9-11,17-18,22H,4,8,12-16H2,1H3/t22-/m1/s1. The number of aromatic nitrogens is 4. The Morgan fingerprint density at radius 1 is 0.912 bits per heavy atom. The molecule has 4 aromatic rings. The summed E-state index contributed by atoms with van der Waals surface area (Å²) in [5.41, 5.74) is 3.50. The van der Waals surface area contributed by atoms with Gasteiger partial charge in [-0.1, -0.05) is 18.2 Å². The fourth-order valence-corrected chi connectivity index (χ4v) is 5.07. The second-order valence-electron chi connectivity index (χ2n) is 9.18. The highest BCUT2D eigenvalue weighted by molar-refractivity contribution is 5.62. The first kappa shape index (κ1) is 21.0. The van der Waals surface area contributed by atoms with E-state index in [4.69, 9.17) is 10.1 Å². The van der Waals surface area contributed by atoms with Crippen LogP contribution in [0.4, 0.5) is 16.0 Å². The quantitative estimate of drug-likeness (QED) is 0.461. The molecule has 0 N–H and O–H groups in total. The van der Waals surface area contributed by atoms with Crippen LogP contribution in [0.25, 0.3) is 17.0 Å². The van der Waals surface area contributed by atoms with Gasteiger partial charge in [-0.15, -0.1) is 5.10 Å². The van der Waals surface area contributed by atoms with Gasteiger partial charge in [0, 0.05) is 32.7 Å². The first-order chi connectivity index (χ1) is 16.7. The number of likely N-dealkylation sites (N-methyl/N-ethyl adjacent to an activating group) is 1. The first-order valence-corrected chi connectivity index (χ1v) is 11.9. The summed E-state index contributed by atoms with van der Waals surface area (Å²) >= 11 is 0. The van der Waals surface area contributed by atoms with Crippen molar-refractivity contribution in [1.29, 1.82) is 0 Å². The van der Waals surface area contributed by atoms with Crippen LogP contribution in [0.1, 0.15) is 24.4 Å². The summed E-state index contributed by atoms with van der Waals surface area (Å²) in [6, 6.07) is 17.2. The Labute approximate surface area is 198 Å². The molecule has 7 nitrogen and oxygen atoms in total. The van der Waals surface area contributed by atoms with Crippen LogP contribution in [0.15, 0.2) is 60.8 Å². The van der Waals surface area contributed by atoms with Gasteiger partial charge >= 0.3 is 0 Å². The van der Waals surface area contributed by atoms with Crippen molar-refractivity contribution < 1.29 is 4.39 Å². The van der Waals surface area contributed by atoms with Crippen LogP contribution in [0.2, 0.25) is 0 Å². The molecule has 2 aliphatic heterocycles. The number of benzene rings is 1. The molecular formula is C26H28FN7. The van der Waals surface area contributed by atoms with E-state index >= 15 is 0 Å². The van der Waals surface area contributed by atoms with Crippen LogP contribution in [-0.4, -0.2) is 64.3 Å². The molecule has 0 amide bonds. The van der Waals surface area contributed by atoms with Gasteiger partial charge in [-0.2, -0.15) is 0 Å². The van der Waals surface area contributed by atoms with Crippen LogP contribution in [0.3, 0.4) is 0 Å². The van der Waals surface area contributed by atoms with Gasteiger partial charge in [-0.05, 0) is 61.9 Å². The Bertz CT molecular complexity index is 1310. The highest BCUT2D eigenvalue weighted by Crippen LogP contribution is 2.35. The third-order valence-electron chi connectivity index (χ3n) is 6.95. The summed E-state index contributed by atoms with van der Waals surface area (Å²) in [5.74, 6) is 1.66. The number of fused-ring (bicyclic) bond motifs is 1. The number of piperazine rings is 1. The molecule has 2 saturated heterocycles. The maximum absolute atomic E-state index is 13.9. The van der Waals surface area contributed by atoms with Gasteiger partial charge in [0.05, 0.1) is 17.9 Å². The van der Waals surface area contributed by atoms with Crippen molar-refractivity contribution in [3.8, 4) is 11.4 Å². The molecule has 3 aromatic heterocycles. The van der Waals surface area contributed by atoms with Crippen molar-refractivity contribution in [2.75, 3.05) is 49.6 Å². The molecule has 34 heavy (non-hydrogen) atoms. The van der Waals surface area contributed by atoms with Gasteiger partial charge < -0.3 is 14.7 Å². The van der Waals surface area contributed by atoms with Crippen molar-refractivity contribution in [3.05, 3.63) is 72.2 Å². The van der Waals surface area contributed by atoms with Crippen LogP contribution >= 0.6 is 0 Å². The topological polar surface area (TPSA) is 52.8 Å². The molecule has 2 fully saturated rings. The number of halogens is 1. The maximum Gasteiger partial charge on any atom is 0.154 e. The Hall–Kier alpha value is -3.52. The molecule has 0 unspecified atom stereocenters. The fraction of sp³-hybridized carbons (Fsp3) is 0.346. The van der Waals surface area contributed by atoms with Crippen LogP contribution in [0, 0.1) is 5.82 Å². The molecular weight excluding hydrogens is 429 g/mol. The molecule has 174 valence electrons. The average molecular weight is 458 g/mol. The van der Waals surface area contributed by atoms with Crippen molar-refractivity contribution in [3.63, 3.8) is 0 Å². The third kappa shape index (κ3) is 3.88. The second-order valence-corrected chi connectivity index (χ2v) is 9.18. The number of imidazole rings is 1. The van der Waals surface area contributed by atoms with E-state index in [0.29, 0.717) is 0 Å². The molecule has 6 rings (SSSR count). The summed E-state index contributed by atoms with van der Waals surface area (Å²) in [5, 5.41) is 4.97. The number of hydrogen-bond donors (Lipinski definition) is 0. The molecule has 0 spiro atoms. The fourth-order valence-electron chi connectivity index (χ4n) is 5.07. The number of pyridine rings is 1. The van der Waals surface area contributed by atoms with E-state index in [1.54, 1.807) is 12.1 Å². The van der Waals surface area contributed by atoms with E-state index in [2.05, 4.69) is 38.9 Å². The lowest BCUT2D eigenvalue weighted by molar-refractivity contribution is 0.312. The largest absolute Gasteiger partial charge is 0.354 e. The zero-order chi connectivity index (χ0) is 23.1. The van der Waals surface area contributed by atoms with Gasteiger partial charge in [0.15, 0.2) is 5.65 Å². The van der Waals surface area contributed by atoms with Crippen molar-refractivity contribution in [2.24, 2.45) is 0 Å². The molecule has 5 heterocycles. The van der Waals surface area contributed by atoms with E-state index in [9.17, 15) is 4.39 Å². The van der Waals surface area contributed by atoms with Crippen LogP contribution < -0.4 is 9.80 Å². The molecule has 1 atom stereocenters. The average Bonchev–Trinajstić information content (AvgIpc) is 3.52. The summed E-state index contributed by atoms with van der Waals surface area (Å²) in [6.07, 6.45) is 3.87. The number of hydrogen-bond acceptors (Lipinski definition) is 6. The second kappa shape index (κ2) is 8.68. The molecule has 0 radical (unpaired) electrons. The number of anilines is 2. The summed E-state index contributed by atoms with van der Waals surface area (Å²) in [6.45, 7) is 4.90. The van der Waals surface area contributed by atoms with E-state index in [1.807, 2.05) is 35.0 Å². The Morgan fingerprint density at radius 3 is 2.62 bits per heavy atom. The lowest BCUT2D eigenvalue weighted by atomic mass is 10.0.